The fraction of sp³-hybridized carbons (Fsp3) is 0.0588. The molecule has 25 heavy (non-hydrogen) atoms. The Morgan fingerprint density at radius 3 is 2.64 bits per heavy atom. The number of ether oxygens (including phenoxy) is 2. The standard InChI is InChI=1S/C17H11N5O3/c18-8-14(9-19)22-21-13-3-1-2-11(6-13)17(23)20-12-4-5-15-16(7-12)25-10-24-15/h1-7,21H,10H2,(H,20,23). The first kappa shape index (κ1) is 15.8. The summed E-state index contributed by atoms with van der Waals surface area (Å²) in [4.78, 5) is 12.4. The smallest absolute Gasteiger partial charge is 0.255 e. The number of nitrogens with zero attached hydrogens (tertiary/aromatic N) is 3. The number of rotatable bonds is 4. The van der Waals surface area contributed by atoms with Gasteiger partial charge in [-0.3, -0.25) is 10.2 Å². The van der Waals surface area contributed by atoms with E-state index in [4.69, 9.17) is 20.0 Å². The molecule has 2 aromatic carbocycles. The second-order valence-electron chi connectivity index (χ2n) is 4.90. The van der Waals surface area contributed by atoms with Crippen molar-refractivity contribution in [3.63, 3.8) is 0 Å². The molecule has 0 spiro atoms. The minimum absolute atomic E-state index is 0.161. The van der Waals surface area contributed by atoms with Crippen molar-refractivity contribution in [3.05, 3.63) is 48.0 Å². The van der Waals surface area contributed by atoms with Gasteiger partial charge in [-0.2, -0.15) is 15.6 Å². The van der Waals surface area contributed by atoms with Crippen LogP contribution in [0.3, 0.4) is 0 Å². The Kier molecular flexibility index (Phi) is 4.45. The third-order valence-electron chi connectivity index (χ3n) is 3.26. The maximum absolute atomic E-state index is 12.4. The molecule has 122 valence electrons. The second-order valence-corrected chi connectivity index (χ2v) is 4.90. The van der Waals surface area contributed by atoms with Crippen LogP contribution in [-0.2, 0) is 0 Å². The lowest BCUT2D eigenvalue weighted by atomic mass is 10.2. The van der Waals surface area contributed by atoms with E-state index in [9.17, 15) is 4.79 Å². The monoisotopic (exact) mass is 333 g/mol. The maximum atomic E-state index is 12.4. The van der Waals surface area contributed by atoms with Crippen LogP contribution in [0.15, 0.2) is 47.6 Å². The van der Waals surface area contributed by atoms with E-state index < -0.39 is 0 Å². The van der Waals surface area contributed by atoms with Gasteiger partial charge in [-0.25, -0.2) is 0 Å². The van der Waals surface area contributed by atoms with Gasteiger partial charge in [0.05, 0.1) is 5.69 Å². The SMILES string of the molecule is N#CC(C#N)=NNc1cccc(C(=O)Nc2ccc3c(c2)OCO3)c1. The summed E-state index contributed by atoms with van der Waals surface area (Å²) >= 11 is 0. The van der Waals surface area contributed by atoms with Gasteiger partial charge in [-0.15, -0.1) is 0 Å². The number of amides is 1. The predicted molar refractivity (Wildman–Crippen MR) is 89.2 cm³/mol. The first-order valence-electron chi connectivity index (χ1n) is 7.14. The summed E-state index contributed by atoms with van der Waals surface area (Å²) in [6, 6.07) is 14.9. The Labute approximate surface area is 142 Å². The van der Waals surface area contributed by atoms with Crippen LogP contribution in [0.1, 0.15) is 10.4 Å². The molecule has 8 nitrogen and oxygen atoms in total. The number of hydrazone groups is 1. The lowest BCUT2D eigenvalue weighted by Crippen LogP contribution is -2.12. The van der Waals surface area contributed by atoms with Crippen LogP contribution in [0.4, 0.5) is 11.4 Å². The third kappa shape index (κ3) is 3.66. The molecule has 2 aromatic rings. The maximum Gasteiger partial charge on any atom is 0.255 e. The molecule has 1 aliphatic rings. The third-order valence-corrected chi connectivity index (χ3v) is 3.26. The summed E-state index contributed by atoms with van der Waals surface area (Å²) in [6.45, 7) is 0.161. The number of nitrogens with one attached hydrogen (secondary N) is 2. The van der Waals surface area contributed by atoms with E-state index in [1.165, 1.54) is 0 Å². The topological polar surface area (TPSA) is 120 Å². The zero-order chi connectivity index (χ0) is 17.6. The lowest BCUT2D eigenvalue weighted by molar-refractivity contribution is 0.102. The predicted octanol–water partition coefficient (Wildman–Crippen LogP) is 2.48. The van der Waals surface area contributed by atoms with Gasteiger partial charge in [0, 0.05) is 17.3 Å². The largest absolute Gasteiger partial charge is 0.454 e. The van der Waals surface area contributed by atoms with Crippen molar-refractivity contribution in [2.24, 2.45) is 5.10 Å². The summed E-state index contributed by atoms with van der Waals surface area (Å²) in [6.07, 6.45) is 0. The molecule has 0 fully saturated rings. The van der Waals surface area contributed by atoms with Gasteiger partial charge in [-0.1, -0.05) is 6.07 Å². The number of nitriles is 2. The van der Waals surface area contributed by atoms with E-state index in [2.05, 4.69) is 15.8 Å². The van der Waals surface area contributed by atoms with Crippen molar-refractivity contribution in [1.29, 1.82) is 10.5 Å². The second kappa shape index (κ2) is 7.02. The quantitative estimate of drug-likeness (QED) is 0.655. The van der Waals surface area contributed by atoms with Crippen LogP contribution in [0.25, 0.3) is 0 Å². The molecular formula is C17H11N5O3. The molecule has 0 saturated heterocycles. The highest BCUT2D eigenvalue weighted by Crippen LogP contribution is 2.34. The molecule has 2 N–H and O–H groups in total. The molecule has 1 aliphatic heterocycles. The number of hydrogen-bond donors (Lipinski definition) is 2. The highest BCUT2D eigenvalue weighted by atomic mass is 16.7. The molecule has 0 bridgehead atoms. The summed E-state index contributed by atoms with van der Waals surface area (Å²) < 4.78 is 10.5. The van der Waals surface area contributed by atoms with Gasteiger partial charge in [0.25, 0.3) is 5.91 Å². The molecule has 8 heteroatoms. The van der Waals surface area contributed by atoms with Gasteiger partial charge in [-0.05, 0) is 30.3 Å². The van der Waals surface area contributed by atoms with Gasteiger partial charge in [0.2, 0.25) is 12.5 Å². The molecule has 3 rings (SSSR count). The zero-order valence-corrected chi connectivity index (χ0v) is 12.8. The highest BCUT2D eigenvalue weighted by Gasteiger charge is 2.14. The lowest BCUT2D eigenvalue weighted by Gasteiger charge is -2.07. The molecule has 1 amide bonds. The Morgan fingerprint density at radius 2 is 1.84 bits per heavy atom. The first-order chi connectivity index (χ1) is 12.2. The van der Waals surface area contributed by atoms with Crippen molar-refractivity contribution in [2.75, 3.05) is 17.5 Å². The van der Waals surface area contributed by atoms with Crippen molar-refractivity contribution < 1.29 is 14.3 Å². The number of anilines is 2. The number of fused-ring (bicyclic) bond motifs is 1. The summed E-state index contributed by atoms with van der Waals surface area (Å²) in [7, 11) is 0. The summed E-state index contributed by atoms with van der Waals surface area (Å²) in [5.41, 5.74) is 3.68. The van der Waals surface area contributed by atoms with E-state index in [1.54, 1.807) is 54.6 Å². The van der Waals surface area contributed by atoms with E-state index in [-0.39, 0.29) is 18.4 Å². The summed E-state index contributed by atoms with van der Waals surface area (Å²) in [5.74, 6) is 0.878. The Morgan fingerprint density at radius 1 is 1.04 bits per heavy atom. The Balaban J connectivity index is 1.72. The highest BCUT2D eigenvalue weighted by molar-refractivity contribution is 6.10. The molecule has 0 atom stereocenters. The summed E-state index contributed by atoms with van der Waals surface area (Å²) in [5, 5.41) is 23.7. The van der Waals surface area contributed by atoms with Crippen LogP contribution >= 0.6 is 0 Å². The van der Waals surface area contributed by atoms with Crippen LogP contribution in [0, 0.1) is 22.7 Å². The molecule has 0 aliphatic carbocycles. The number of hydrogen-bond acceptors (Lipinski definition) is 7. The van der Waals surface area contributed by atoms with Crippen LogP contribution < -0.4 is 20.2 Å². The number of carbonyl (C=O) groups is 1. The molecule has 0 unspecified atom stereocenters. The van der Waals surface area contributed by atoms with Crippen molar-refractivity contribution in [2.45, 2.75) is 0 Å². The van der Waals surface area contributed by atoms with E-state index in [1.807, 2.05) is 0 Å². The minimum Gasteiger partial charge on any atom is -0.454 e. The van der Waals surface area contributed by atoms with Gasteiger partial charge < -0.3 is 14.8 Å². The number of carbonyl (C=O) groups excluding carboxylic acids is 1. The average molecular weight is 333 g/mol. The first-order valence-corrected chi connectivity index (χ1v) is 7.14. The van der Waals surface area contributed by atoms with E-state index in [0.29, 0.717) is 28.4 Å². The molecular weight excluding hydrogens is 322 g/mol. The van der Waals surface area contributed by atoms with E-state index in [0.717, 1.165) is 0 Å². The normalized spacial score (nSPS) is 11.0. The number of benzene rings is 2. The van der Waals surface area contributed by atoms with Crippen molar-refractivity contribution in [3.8, 4) is 23.6 Å². The van der Waals surface area contributed by atoms with Crippen molar-refractivity contribution in [1.82, 2.24) is 0 Å². The molecule has 0 saturated carbocycles. The fourth-order valence-corrected chi connectivity index (χ4v) is 2.10. The van der Waals surface area contributed by atoms with Gasteiger partial charge >= 0.3 is 0 Å². The molecule has 1 heterocycles. The van der Waals surface area contributed by atoms with Crippen molar-refractivity contribution >= 4 is 23.0 Å². The molecule has 0 aromatic heterocycles. The Bertz CT molecular complexity index is 924. The molecule has 0 radical (unpaired) electrons. The van der Waals surface area contributed by atoms with Crippen LogP contribution in [0.5, 0.6) is 11.5 Å². The van der Waals surface area contributed by atoms with Crippen LogP contribution in [0.2, 0.25) is 0 Å². The van der Waals surface area contributed by atoms with Gasteiger partial charge in [0.15, 0.2) is 11.5 Å². The Hall–Kier alpha value is -4.04. The minimum atomic E-state index is -0.327. The van der Waals surface area contributed by atoms with Crippen LogP contribution in [-0.4, -0.2) is 18.4 Å². The average Bonchev–Trinajstić information content (AvgIpc) is 3.10. The fourth-order valence-electron chi connectivity index (χ4n) is 2.10. The van der Waals surface area contributed by atoms with Gasteiger partial charge in [0.1, 0.15) is 12.1 Å². The van der Waals surface area contributed by atoms with E-state index >= 15 is 0 Å². The zero-order valence-electron chi connectivity index (χ0n) is 12.8.